The molecule has 0 saturated heterocycles. The molecule has 3 heterocycles. The van der Waals surface area contributed by atoms with E-state index in [4.69, 9.17) is 0 Å². The first-order chi connectivity index (χ1) is 35.0. The van der Waals surface area contributed by atoms with E-state index in [1.54, 1.807) is 0 Å². The number of benzene rings is 10. The van der Waals surface area contributed by atoms with E-state index in [2.05, 4.69) is 280 Å². The van der Waals surface area contributed by atoms with Crippen LogP contribution in [0.2, 0.25) is 0 Å². The number of thiophene rings is 1. The molecule has 0 atom stereocenters. The Labute approximate surface area is 425 Å². The second-order valence-electron chi connectivity index (χ2n) is 21.5. The largest absolute Gasteiger partial charge is 0.310 e. The summed E-state index contributed by atoms with van der Waals surface area (Å²) in [6, 6.07) is 83.3. The molecule has 0 bridgehead atoms. The number of fused-ring (bicyclic) bond motifs is 9. The Kier molecular flexibility index (Phi) is 10.2. The topological polar surface area (TPSA) is 10.9 Å². The lowest BCUT2D eigenvalue weighted by Gasteiger charge is -2.28. The van der Waals surface area contributed by atoms with Crippen LogP contribution in [0.5, 0.6) is 0 Å². The molecular weight excluding hydrogens is 891 g/mol. The molecule has 0 aliphatic heterocycles. The van der Waals surface area contributed by atoms with Gasteiger partial charge in [0.2, 0.25) is 0 Å². The summed E-state index contributed by atoms with van der Waals surface area (Å²) in [5.74, 6) is 0. The van der Waals surface area contributed by atoms with Crippen LogP contribution >= 0.6 is 11.3 Å². The van der Waals surface area contributed by atoms with E-state index >= 15 is 0 Å². The van der Waals surface area contributed by atoms with Crippen LogP contribution in [0.3, 0.4) is 0 Å². The van der Waals surface area contributed by atoms with Gasteiger partial charge >= 0.3 is 0 Å². The van der Waals surface area contributed by atoms with Crippen molar-refractivity contribution in [2.45, 2.75) is 52.4 Å². The van der Waals surface area contributed by atoms with E-state index in [0.29, 0.717) is 0 Å². The van der Waals surface area contributed by atoms with Crippen molar-refractivity contribution in [2.24, 2.45) is 0 Å². The third-order valence-electron chi connectivity index (χ3n) is 14.8. The van der Waals surface area contributed by atoms with Crippen LogP contribution < -0.4 is 9.80 Å². The maximum absolute atomic E-state index is 2.57. The summed E-state index contributed by atoms with van der Waals surface area (Å²) >= 11 is 1.92. The molecule has 0 saturated carbocycles. The Morgan fingerprint density at radius 3 is 1.40 bits per heavy atom. The molecule has 0 spiro atoms. The molecule has 3 nitrogen and oxygen atoms in total. The number of aromatic nitrogens is 1. The monoisotopic (exact) mass is 945 g/mol. The zero-order valence-corrected chi connectivity index (χ0v) is 42.4. The van der Waals surface area contributed by atoms with Gasteiger partial charge in [0.05, 0.1) is 26.9 Å². The van der Waals surface area contributed by atoms with Gasteiger partial charge < -0.3 is 14.2 Å². The van der Waals surface area contributed by atoms with Crippen LogP contribution in [0.15, 0.2) is 224 Å². The second kappa shape index (κ2) is 16.7. The third-order valence-corrected chi connectivity index (χ3v) is 16.0. The van der Waals surface area contributed by atoms with E-state index in [9.17, 15) is 0 Å². The quantitative estimate of drug-likeness (QED) is 0.150. The fourth-order valence-electron chi connectivity index (χ4n) is 11.0. The molecule has 0 fully saturated rings. The zero-order chi connectivity index (χ0) is 48.9. The van der Waals surface area contributed by atoms with E-state index in [-0.39, 0.29) is 10.8 Å². The van der Waals surface area contributed by atoms with Crippen molar-refractivity contribution in [3.8, 4) is 22.3 Å². The summed E-state index contributed by atoms with van der Waals surface area (Å²) < 4.78 is 5.20. The minimum absolute atomic E-state index is 0.0434. The number of para-hydroxylation sites is 1. The molecule has 348 valence electrons. The number of rotatable bonds is 8. The van der Waals surface area contributed by atoms with Crippen LogP contribution in [-0.2, 0) is 10.8 Å². The van der Waals surface area contributed by atoms with Gasteiger partial charge in [-0.1, -0.05) is 175 Å². The molecule has 10 aromatic carbocycles. The summed E-state index contributed by atoms with van der Waals surface area (Å²) in [4.78, 5) is 4.87. The van der Waals surface area contributed by atoms with Crippen LogP contribution in [0.1, 0.15) is 52.7 Å². The molecule has 0 aliphatic carbocycles. The van der Waals surface area contributed by atoms with Gasteiger partial charge in [0.1, 0.15) is 0 Å². The van der Waals surface area contributed by atoms with Crippen molar-refractivity contribution < 1.29 is 0 Å². The van der Waals surface area contributed by atoms with Crippen LogP contribution in [0.25, 0.3) is 80.5 Å². The Morgan fingerprint density at radius 1 is 0.361 bits per heavy atom. The maximum atomic E-state index is 2.57. The van der Waals surface area contributed by atoms with E-state index in [1.807, 2.05) is 11.3 Å². The van der Waals surface area contributed by atoms with Crippen LogP contribution in [0, 0.1) is 0 Å². The minimum atomic E-state index is 0.0434. The van der Waals surface area contributed by atoms with Crippen molar-refractivity contribution >= 4 is 104 Å². The lowest BCUT2D eigenvalue weighted by atomic mass is 9.87. The van der Waals surface area contributed by atoms with Gasteiger partial charge in [-0.2, -0.15) is 0 Å². The molecule has 0 amide bonds. The SMILES string of the molecule is CC(C)(C)c1ccc(N(c2ccc(-c3ccccc3)cc2)c2ccc3cc4sc5c6ccc(N(c7ccc(-c8ccccc8)cc7)c7ccc(C(C)(C)C)cc7)c7c8ccccc8n(c5c4cc3c2)c67)cc1. The first-order valence-corrected chi connectivity index (χ1v) is 26.0. The molecule has 0 aliphatic rings. The highest BCUT2D eigenvalue weighted by Crippen LogP contribution is 2.51. The van der Waals surface area contributed by atoms with Crippen LogP contribution in [-0.4, -0.2) is 4.40 Å². The van der Waals surface area contributed by atoms with Crippen molar-refractivity contribution in [3.05, 3.63) is 236 Å². The third kappa shape index (κ3) is 7.31. The predicted octanol–water partition coefficient (Wildman–Crippen LogP) is 20.1. The lowest BCUT2D eigenvalue weighted by molar-refractivity contribution is 0.590. The average molecular weight is 946 g/mol. The number of hydrogen-bond donors (Lipinski definition) is 0. The van der Waals surface area contributed by atoms with E-state index in [1.165, 1.54) is 97.3 Å². The predicted molar refractivity (Wildman–Crippen MR) is 312 cm³/mol. The molecule has 4 heteroatoms. The normalized spacial score (nSPS) is 12.3. The van der Waals surface area contributed by atoms with Gasteiger partial charge in [0, 0.05) is 54.7 Å². The zero-order valence-electron chi connectivity index (χ0n) is 41.6. The molecule has 3 aromatic heterocycles. The summed E-state index contributed by atoms with van der Waals surface area (Å²) in [5, 5.41) is 7.53. The molecule has 72 heavy (non-hydrogen) atoms. The Bertz CT molecular complexity index is 4120. The van der Waals surface area contributed by atoms with Crippen LogP contribution in [0.4, 0.5) is 34.1 Å². The fourth-order valence-corrected chi connectivity index (χ4v) is 12.2. The lowest BCUT2D eigenvalue weighted by Crippen LogP contribution is -2.13. The van der Waals surface area contributed by atoms with Gasteiger partial charge in [-0.25, -0.2) is 0 Å². The molecule has 0 radical (unpaired) electrons. The van der Waals surface area contributed by atoms with Gasteiger partial charge in [-0.05, 0) is 146 Å². The molecule has 0 unspecified atom stereocenters. The maximum Gasteiger partial charge on any atom is 0.0728 e. The van der Waals surface area contributed by atoms with Crippen molar-refractivity contribution in [1.82, 2.24) is 4.40 Å². The second-order valence-corrected chi connectivity index (χ2v) is 22.5. The molecule has 0 N–H and O–H groups in total. The van der Waals surface area contributed by atoms with Gasteiger partial charge in [-0.15, -0.1) is 11.3 Å². The molecule has 13 rings (SSSR count). The van der Waals surface area contributed by atoms with Crippen molar-refractivity contribution in [1.29, 1.82) is 0 Å². The van der Waals surface area contributed by atoms with Gasteiger partial charge in [0.25, 0.3) is 0 Å². The highest BCUT2D eigenvalue weighted by atomic mass is 32.1. The molecular formula is C68H55N3S. The first-order valence-electron chi connectivity index (χ1n) is 25.2. The smallest absolute Gasteiger partial charge is 0.0728 e. The summed E-state index contributed by atoms with van der Waals surface area (Å²) in [6.45, 7) is 13.7. The standard InChI is InChI=1S/C68H55N3S/c1-67(2,3)50-26-35-53(36-27-50)69(52-30-21-46(22-31-52)44-15-9-7-10-16-44)56-34-25-48-43-62-59(42-49(48)41-56)65-66(72-62)58-39-40-61(63-57-19-13-14-20-60(57)71(65)64(58)63)70(55-37-28-51(29-38-55)68(4,5)6)54-32-23-47(24-33-54)45-17-11-8-12-18-45/h7-43H,1-6H3. The highest BCUT2D eigenvalue weighted by Gasteiger charge is 2.27. The summed E-state index contributed by atoms with van der Waals surface area (Å²) in [7, 11) is 0. The van der Waals surface area contributed by atoms with E-state index in [0.717, 1.165) is 28.4 Å². The number of anilines is 6. The molecule has 13 aromatic rings. The highest BCUT2D eigenvalue weighted by molar-refractivity contribution is 7.26. The Morgan fingerprint density at radius 2 is 0.847 bits per heavy atom. The Hall–Kier alpha value is -8.18. The Balaban J connectivity index is 0.989. The van der Waals surface area contributed by atoms with Crippen molar-refractivity contribution in [2.75, 3.05) is 9.80 Å². The number of nitrogens with zero attached hydrogens (tertiary/aromatic N) is 3. The average Bonchev–Trinajstić information content (AvgIpc) is 4.05. The summed E-state index contributed by atoms with van der Waals surface area (Å²) in [5.41, 5.74) is 18.1. The summed E-state index contributed by atoms with van der Waals surface area (Å²) in [6.07, 6.45) is 0. The van der Waals surface area contributed by atoms with Gasteiger partial charge in [-0.3, -0.25) is 0 Å². The minimum Gasteiger partial charge on any atom is -0.310 e. The first kappa shape index (κ1) is 43.8. The van der Waals surface area contributed by atoms with Crippen molar-refractivity contribution in [3.63, 3.8) is 0 Å². The van der Waals surface area contributed by atoms with E-state index < -0.39 is 0 Å². The van der Waals surface area contributed by atoms with Gasteiger partial charge in [0.15, 0.2) is 0 Å². The number of hydrogen-bond acceptors (Lipinski definition) is 3. The fraction of sp³-hybridized carbons (Fsp3) is 0.118.